The van der Waals surface area contributed by atoms with Crippen LogP contribution in [0.3, 0.4) is 0 Å². The molecule has 2 rings (SSSR count). The Bertz CT molecular complexity index is 683. The molecule has 0 spiro atoms. The summed E-state index contributed by atoms with van der Waals surface area (Å²) in [7, 11) is 0. The zero-order valence-corrected chi connectivity index (χ0v) is 12.7. The summed E-state index contributed by atoms with van der Waals surface area (Å²) in [5.41, 5.74) is 1.67. The van der Waals surface area contributed by atoms with Gasteiger partial charge in [-0.25, -0.2) is 4.57 Å². The van der Waals surface area contributed by atoms with E-state index in [-0.39, 0.29) is 11.5 Å². The van der Waals surface area contributed by atoms with E-state index in [1.54, 1.807) is 24.3 Å². The van der Waals surface area contributed by atoms with Crippen molar-refractivity contribution in [2.75, 3.05) is 0 Å². The second kappa shape index (κ2) is 6.54. The van der Waals surface area contributed by atoms with Crippen LogP contribution in [0.1, 0.15) is 11.1 Å². The number of hydrogen-bond donors (Lipinski definition) is 4. The Morgan fingerprint density at radius 2 is 1.67 bits per heavy atom. The summed E-state index contributed by atoms with van der Waals surface area (Å²) in [6, 6.07) is 11.3. The molecule has 0 amide bonds. The van der Waals surface area contributed by atoms with Gasteiger partial charge in [-0.1, -0.05) is 18.2 Å². The summed E-state index contributed by atoms with van der Waals surface area (Å²) >= 11 is 0.437. The molecule has 0 unspecified atom stereocenters. The number of aromatic hydroxyl groups is 2. The van der Waals surface area contributed by atoms with E-state index in [4.69, 9.17) is 9.79 Å². The Kier molecular flexibility index (Phi) is 4.96. The third-order valence-corrected chi connectivity index (χ3v) is 4.98. The van der Waals surface area contributed by atoms with Crippen LogP contribution in [0.5, 0.6) is 11.5 Å². The fraction of sp³-hybridized carbons (Fsp3) is 0.143. The zero-order valence-electron chi connectivity index (χ0n) is 11.0. The summed E-state index contributed by atoms with van der Waals surface area (Å²) in [6.07, 6.45) is 1.17. The van der Waals surface area contributed by atoms with Gasteiger partial charge in [-0.15, -0.1) is 0 Å². The summed E-state index contributed by atoms with van der Waals surface area (Å²) in [6.45, 7) is -4.27. The highest BCUT2D eigenvalue weighted by Crippen LogP contribution is 2.55. The molecule has 0 bridgehead atoms. The van der Waals surface area contributed by atoms with Gasteiger partial charge in [0.05, 0.1) is 0 Å². The van der Waals surface area contributed by atoms with Gasteiger partial charge in [-0.2, -0.15) is 0 Å². The number of hydrogen-bond acceptors (Lipinski definition) is 4. The molecule has 0 saturated heterocycles. The van der Waals surface area contributed by atoms with Crippen LogP contribution >= 0.6 is 18.2 Å². The SMILES string of the molecule is O=P(O)(O)Sc1cc(O)ccc1CCc1cccc(O)c1. The van der Waals surface area contributed by atoms with Crippen molar-refractivity contribution >= 4 is 18.2 Å². The van der Waals surface area contributed by atoms with Crippen LogP contribution in [-0.4, -0.2) is 20.0 Å². The minimum Gasteiger partial charge on any atom is -0.508 e. The summed E-state index contributed by atoms with van der Waals surface area (Å²) in [4.78, 5) is 18.5. The Morgan fingerprint density at radius 3 is 2.33 bits per heavy atom. The molecular formula is C14H15O5PS. The van der Waals surface area contributed by atoms with Crippen LogP contribution in [0.2, 0.25) is 0 Å². The normalized spacial score (nSPS) is 11.5. The van der Waals surface area contributed by atoms with E-state index in [0.29, 0.717) is 29.1 Å². The number of phenolic OH excluding ortho intramolecular Hbond substituents is 2. The molecule has 0 aliphatic rings. The van der Waals surface area contributed by atoms with E-state index in [1.807, 2.05) is 6.07 Å². The molecule has 0 saturated carbocycles. The van der Waals surface area contributed by atoms with Gasteiger partial charge in [-0.3, -0.25) is 0 Å². The summed E-state index contributed by atoms with van der Waals surface area (Å²) < 4.78 is 11.1. The van der Waals surface area contributed by atoms with E-state index in [0.717, 1.165) is 11.1 Å². The van der Waals surface area contributed by atoms with Crippen molar-refractivity contribution in [3.8, 4) is 11.5 Å². The Labute approximate surface area is 126 Å². The second-order valence-electron chi connectivity index (χ2n) is 4.54. The van der Waals surface area contributed by atoms with Crippen molar-refractivity contribution < 1.29 is 24.6 Å². The molecule has 0 aliphatic carbocycles. The lowest BCUT2D eigenvalue weighted by Gasteiger charge is -2.10. The van der Waals surface area contributed by atoms with E-state index in [2.05, 4.69) is 0 Å². The van der Waals surface area contributed by atoms with Crippen molar-refractivity contribution in [2.24, 2.45) is 0 Å². The lowest BCUT2D eigenvalue weighted by molar-refractivity contribution is 0.397. The molecule has 2 aromatic carbocycles. The van der Waals surface area contributed by atoms with Crippen molar-refractivity contribution in [1.82, 2.24) is 0 Å². The van der Waals surface area contributed by atoms with Gasteiger partial charge in [0, 0.05) is 4.90 Å². The van der Waals surface area contributed by atoms with Gasteiger partial charge < -0.3 is 20.0 Å². The van der Waals surface area contributed by atoms with Gasteiger partial charge in [0.2, 0.25) is 0 Å². The molecule has 4 N–H and O–H groups in total. The monoisotopic (exact) mass is 326 g/mol. The van der Waals surface area contributed by atoms with Crippen LogP contribution in [0.25, 0.3) is 0 Å². The predicted molar refractivity (Wildman–Crippen MR) is 81.5 cm³/mol. The summed E-state index contributed by atoms with van der Waals surface area (Å²) in [5.74, 6) is 0.148. The molecule has 0 atom stereocenters. The van der Waals surface area contributed by atoms with E-state index >= 15 is 0 Å². The minimum absolute atomic E-state index is 0.0351. The van der Waals surface area contributed by atoms with Crippen molar-refractivity contribution in [1.29, 1.82) is 0 Å². The van der Waals surface area contributed by atoms with Crippen molar-refractivity contribution in [2.45, 2.75) is 17.7 Å². The van der Waals surface area contributed by atoms with Crippen LogP contribution < -0.4 is 0 Å². The number of rotatable bonds is 5. The van der Waals surface area contributed by atoms with Gasteiger partial charge in [0.15, 0.2) is 0 Å². The van der Waals surface area contributed by atoms with E-state index in [9.17, 15) is 14.8 Å². The fourth-order valence-corrected chi connectivity index (χ4v) is 3.95. The molecule has 7 heteroatoms. The molecule has 0 radical (unpaired) electrons. The third-order valence-electron chi connectivity index (χ3n) is 2.86. The average molecular weight is 326 g/mol. The Balaban J connectivity index is 2.17. The largest absolute Gasteiger partial charge is 0.508 e. The van der Waals surface area contributed by atoms with Gasteiger partial charge in [-0.05, 0) is 59.6 Å². The Morgan fingerprint density at radius 1 is 0.952 bits per heavy atom. The van der Waals surface area contributed by atoms with Crippen LogP contribution in [0.4, 0.5) is 0 Å². The van der Waals surface area contributed by atoms with Gasteiger partial charge in [0.1, 0.15) is 11.5 Å². The van der Waals surface area contributed by atoms with Gasteiger partial charge in [0.25, 0.3) is 0 Å². The topological polar surface area (TPSA) is 98.0 Å². The van der Waals surface area contributed by atoms with E-state index < -0.39 is 6.80 Å². The molecule has 5 nitrogen and oxygen atoms in total. The second-order valence-corrected chi connectivity index (χ2v) is 8.12. The standard InChI is InChI=1S/C14H15O5PS/c15-12-3-1-2-10(8-12)4-5-11-6-7-13(16)9-14(11)21-20(17,18)19/h1-3,6-9,15-16H,4-5H2,(H2,17,18,19). The first kappa shape index (κ1) is 15.9. The average Bonchev–Trinajstić information content (AvgIpc) is 2.36. The highest BCUT2D eigenvalue weighted by molar-refractivity contribution is 8.54. The smallest absolute Gasteiger partial charge is 0.388 e. The molecule has 0 fully saturated rings. The predicted octanol–water partition coefficient (Wildman–Crippen LogP) is 3.07. The molecule has 0 aliphatic heterocycles. The quantitative estimate of drug-likeness (QED) is 0.630. The minimum atomic E-state index is -4.27. The Hall–Kier alpha value is -1.46. The molecule has 0 aromatic heterocycles. The van der Waals surface area contributed by atoms with Gasteiger partial charge >= 0.3 is 6.80 Å². The number of phenols is 2. The number of aryl methyl sites for hydroxylation is 2. The number of benzene rings is 2. The molecule has 112 valence electrons. The lowest BCUT2D eigenvalue weighted by Crippen LogP contribution is -1.93. The maximum absolute atomic E-state index is 11.1. The van der Waals surface area contributed by atoms with Crippen LogP contribution in [0.15, 0.2) is 47.4 Å². The van der Waals surface area contributed by atoms with E-state index in [1.165, 1.54) is 12.1 Å². The summed E-state index contributed by atoms with van der Waals surface area (Å²) in [5, 5.41) is 18.9. The first-order chi connectivity index (χ1) is 9.83. The maximum Gasteiger partial charge on any atom is 0.388 e. The highest BCUT2D eigenvalue weighted by Gasteiger charge is 2.18. The maximum atomic E-state index is 11.1. The molecule has 21 heavy (non-hydrogen) atoms. The van der Waals surface area contributed by atoms with Crippen molar-refractivity contribution in [3.63, 3.8) is 0 Å². The molecule has 2 aromatic rings. The molecular weight excluding hydrogens is 311 g/mol. The highest BCUT2D eigenvalue weighted by atomic mass is 32.7. The molecule has 0 heterocycles. The van der Waals surface area contributed by atoms with Crippen LogP contribution in [0, 0.1) is 0 Å². The third kappa shape index (κ3) is 5.10. The first-order valence-corrected chi connectivity index (χ1v) is 9.22. The van der Waals surface area contributed by atoms with Crippen molar-refractivity contribution in [3.05, 3.63) is 53.6 Å². The van der Waals surface area contributed by atoms with Crippen LogP contribution in [-0.2, 0) is 17.4 Å². The zero-order chi connectivity index (χ0) is 15.5. The fourth-order valence-electron chi connectivity index (χ4n) is 1.95. The first-order valence-electron chi connectivity index (χ1n) is 6.18. The lowest BCUT2D eigenvalue weighted by atomic mass is 10.0.